The van der Waals surface area contributed by atoms with Crippen molar-refractivity contribution in [3.05, 3.63) is 51.0 Å². The number of pyridine rings is 1. The number of rotatable bonds is 5. The molecule has 0 bridgehead atoms. The summed E-state index contributed by atoms with van der Waals surface area (Å²) in [6.45, 7) is 4.93. The number of allylic oxidation sites excluding steroid dienone is 3. The van der Waals surface area contributed by atoms with E-state index in [-0.39, 0.29) is 48.2 Å². The van der Waals surface area contributed by atoms with Crippen LogP contribution in [0.1, 0.15) is 59.3 Å². The maximum absolute atomic E-state index is 13.4. The van der Waals surface area contributed by atoms with Crippen molar-refractivity contribution in [3.8, 4) is 5.75 Å². The molecule has 1 aromatic rings. The molecule has 0 aromatic carbocycles. The second kappa shape index (κ2) is 8.10. The monoisotopic (exact) mass is 414 g/mol. The van der Waals surface area contributed by atoms with Crippen LogP contribution in [0.2, 0.25) is 0 Å². The van der Waals surface area contributed by atoms with E-state index in [1.54, 1.807) is 9.47 Å². The van der Waals surface area contributed by atoms with E-state index in [1.165, 1.54) is 7.11 Å². The fraction of sp³-hybridized carbons (Fsp3) is 0.500. The zero-order valence-corrected chi connectivity index (χ0v) is 17.5. The number of nitrogens with zero attached hydrogens (tertiary/aromatic N) is 2. The van der Waals surface area contributed by atoms with Crippen LogP contribution in [0.25, 0.3) is 0 Å². The van der Waals surface area contributed by atoms with Crippen LogP contribution in [0, 0.1) is 0 Å². The molecule has 1 amide bonds. The maximum Gasteiger partial charge on any atom is 0.343 e. The van der Waals surface area contributed by atoms with E-state index in [2.05, 4.69) is 6.08 Å². The van der Waals surface area contributed by atoms with E-state index in [9.17, 15) is 14.4 Å². The van der Waals surface area contributed by atoms with Gasteiger partial charge in [0, 0.05) is 12.6 Å². The zero-order valence-electron chi connectivity index (χ0n) is 17.5. The molecule has 0 saturated heterocycles. The largest absolute Gasteiger partial charge is 0.483 e. The van der Waals surface area contributed by atoms with Crippen LogP contribution in [0.15, 0.2) is 28.6 Å². The Bertz CT molecular complexity index is 1000. The van der Waals surface area contributed by atoms with Gasteiger partial charge in [-0.05, 0) is 32.3 Å². The fourth-order valence-corrected chi connectivity index (χ4v) is 4.24. The summed E-state index contributed by atoms with van der Waals surface area (Å²) in [4.78, 5) is 40.9. The highest BCUT2D eigenvalue weighted by Crippen LogP contribution is 2.34. The second-order valence-corrected chi connectivity index (χ2v) is 7.99. The first kappa shape index (κ1) is 20.4. The standard InChI is InChI=1S/C22H26N2O6/c1-13(2)23-9-15-11-29-12-16-17(22(27)28-3)19(25)20(18(21(23)26)24(15)16)30-10-14-7-5-4-6-8-14/h4-5,7,13,15H,6,8-12H2,1-3H3/t15-/m1/s1. The third-order valence-electron chi connectivity index (χ3n) is 5.77. The van der Waals surface area contributed by atoms with Gasteiger partial charge in [0.05, 0.1) is 32.1 Å². The molecule has 1 aliphatic carbocycles. The minimum absolute atomic E-state index is 0.0500. The molecule has 3 aliphatic rings. The van der Waals surface area contributed by atoms with Crippen molar-refractivity contribution in [2.24, 2.45) is 0 Å². The first-order valence-corrected chi connectivity index (χ1v) is 10.2. The van der Waals surface area contributed by atoms with E-state index < -0.39 is 11.4 Å². The van der Waals surface area contributed by atoms with E-state index in [0.29, 0.717) is 18.8 Å². The molecule has 0 unspecified atom stereocenters. The average Bonchev–Trinajstić information content (AvgIpc) is 2.75. The summed E-state index contributed by atoms with van der Waals surface area (Å²) in [5, 5.41) is 0. The Balaban J connectivity index is 1.90. The number of methoxy groups -OCH3 is 1. The summed E-state index contributed by atoms with van der Waals surface area (Å²) in [5.41, 5.74) is 0.850. The van der Waals surface area contributed by atoms with Crippen LogP contribution in [0.4, 0.5) is 0 Å². The number of aromatic nitrogens is 1. The summed E-state index contributed by atoms with van der Waals surface area (Å²) >= 11 is 0. The third kappa shape index (κ3) is 3.35. The summed E-state index contributed by atoms with van der Waals surface area (Å²) < 4.78 is 18.3. The Kier molecular flexibility index (Phi) is 5.51. The number of esters is 1. The van der Waals surface area contributed by atoms with Gasteiger partial charge in [0.2, 0.25) is 5.43 Å². The van der Waals surface area contributed by atoms with Crippen LogP contribution in [-0.4, -0.2) is 54.3 Å². The quantitative estimate of drug-likeness (QED) is 0.687. The Morgan fingerprint density at radius 1 is 1.33 bits per heavy atom. The minimum Gasteiger partial charge on any atom is -0.483 e. The second-order valence-electron chi connectivity index (χ2n) is 7.99. The predicted octanol–water partition coefficient (Wildman–Crippen LogP) is 2.23. The molecule has 8 heteroatoms. The van der Waals surface area contributed by atoms with Crippen molar-refractivity contribution in [3.63, 3.8) is 0 Å². The molecule has 2 aliphatic heterocycles. The lowest BCUT2D eigenvalue weighted by atomic mass is 10.0. The summed E-state index contributed by atoms with van der Waals surface area (Å²) in [7, 11) is 1.23. The number of ether oxygens (including phenoxy) is 3. The predicted molar refractivity (Wildman–Crippen MR) is 109 cm³/mol. The smallest absolute Gasteiger partial charge is 0.343 e. The molecular weight excluding hydrogens is 388 g/mol. The lowest BCUT2D eigenvalue weighted by molar-refractivity contribution is 0.0180. The molecule has 4 rings (SSSR count). The van der Waals surface area contributed by atoms with Gasteiger partial charge in [0.15, 0.2) is 11.4 Å². The van der Waals surface area contributed by atoms with Crippen molar-refractivity contribution in [2.75, 3.05) is 26.9 Å². The molecule has 8 nitrogen and oxygen atoms in total. The SMILES string of the molecule is COC(=O)c1c2n3c(c(OCC4=CC=CCC4)c1=O)C(=O)N(C(C)C)C[C@@H]3COC2. The molecular formula is C22H26N2O6. The van der Waals surface area contributed by atoms with Gasteiger partial charge in [-0.15, -0.1) is 0 Å². The van der Waals surface area contributed by atoms with E-state index in [4.69, 9.17) is 14.2 Å². The lowest BCUT2D eigenvalue weighted by Crippen LogP contribution is -2.51. The molecule has 0 N–H and O–H groups in total. The van der Waals surface area contributed by atoms with Gasteiger partial charge in [0.1, 0.15) is 12.2 Å². The van der Waals surface area contributed by atoms with E-state index in [0.717, 1.165) is 18.4 Å². The first-order valence-electron chi connectivity index (χ1n) is 10.2. The van der Waals surface area contributed by atoms with Crippen LogP contribution >= 0.6 is 0 Å². The number of amides is 1. The number of hydrogen-bond donors (Lipinski definition) is 0. The van der Waals surface area contributed by atoms with Gasteiger partial charge >= 0.3 is 5.97 Å². The number of carbonyl (C=O) groups is 2. The molecule has 30 heavy (non-hydrogen) atoms. The molecule has 0 saturated carbocycles. The lowest BCUT2D eigenvalue weighted by Gasteiger charge is -2.42. The van der Waals surface area contributed by atoms with Crippen LogP contribution < -0.4 is 10.2 Å². The average molecular weight is 414 g/mol. The van der Waals surface area contributed by atoms with Gasteiger partial charge in [-0.2, -0.15) is 0 Å². The fourth-order valence-electron chi connectivity index (χ4n) is 4.24. The van der Waals surface area contributed by atoms with Crippen LogP contribution in [-0.2, 0) is 16.1 Å². The highest BCUT2D eigenvalue weighted by Gasteiger charge is 2.41. The normalized spacial score (nSPS) is 20.1. The van der Waals surface area contributed by atoms with Crippen molar-refractivity contribution < 1.29 is 23.8 Å². The van der Waals surface area contributed by atoms with Crippen LogP contribution in [0.5, 0.6) is 5.75 Å². The Morgan fingerprint density at radius 3 is 2.80 bits per heavy atom. The van der Waals surface area contributed by atoms with Crippen LogP contribution in [0.3, 0.4) is 0 Å². The Labute approximate surface area is 174 Å². The maximum atomic E-state index is 13.4. The Hall–Kier alpha value is -2.87. The van der Waals surface area contributed by atoms with Gasteiger partial charge in [-0.1, -0.05) is 18.2 Å². The van der Waals surface area contributed by atoms with Crippen molar-refractivity contribution >= 4 is 11.9 Å². The van der Waals surface area contributed by atoms with Gasteiger partial charge in [-0.3, -0.25) is 9.59 Å². The highest BCUT2D eigenvalue weighted by atomic mass is 16.5. The highest BCUT2D eigenvalue weighted by molar-refractivity contribution is 5.99. The summed E-state index contributed by atoms with van der Waals surface area (Å²) in [6, 6.07) is -0.252. The zero-order chi connectivity index (χ0) is 21.4. The minimum atomic E-state index is -0.752. The molecule has 0 fully saturated rings. The molecule has 3 heterocycles. The molecule has 1 atom stereocenters. The van der Waals surface area contributed by atoms with Crippen molar-refractivity contribution in [2.45, 2.75) is 45.4 Å². The van der Waals surface area contributed by atoms with Crippen molar-refractivity contribution in [1.82, 2.24) is 9.47 Å². The topological polar surface area (TPSA) is 87.1 Å². The van der Waals surface area contributed by atoms with Gasteiger partial charge < -0.3 is 23.7 Å². The summed E-state index contributed by atoms with van der Waals surface area (Å²) in [6.07, 6.45) is 7.68. The first-order chi connectivity index (χ1) is 14.4. The number of hydrogen-bond acceptors (Lipinski definition) is 6. The number of carbonyl (C=O) groups excluding carboxylic acids is 2. The molecule has 160 valence electrons. The van der Waals surface area contributed by atoms with E-state index >= 15 is 0 Å². The molecule has 1 aromatic heterocycles. The van der Waals surface area contributed by atoms with E-state index in [1.807, 2.05) is 26.0 Å². The third-order valence-corrected chi connectivity index (χ3v) is 5.77. The summed E-state index contributed by atoms with van der Waals surface area (Å²) in [5.74, 6) is -1.11. The van der Waals surface area contributed by atoms with Gasteiger partial charge in [-0.25, -0.2) is 4.79 Å². The Morgan fingerprint density at radius 2 is 2.13 bits per heavy atom. The van der Waals surface area contributed by atoms with Crippen molar-refractivity contribution in [1.29, 1.82) is 0 Å². The molecule has 0 radical (unpaired) electrons. The van der Waals surface area contributed by atoms with Gasteiger partial charge in [0.25, 0.3) is 5.91 Å². The molecule has 0 spiro atoms.